The predicted octanol–water partition coefficient (Wildman–Crippen LogP) is 3.58. The lowest BCUT2D eigenvalue weighted by atomic mass is 9.47. The molecule has 174 valence electrons. The summed E-state index contributed by atoms with van der Waals surface area (Å²) >= 11 is 0. The second-order valence-electron chi connectivity index (χ2n) is 11.5. The van der Waals surface area contributed by atoms with E-state index >= 15 is 0 Å². The third-order valence-electron chi connectivity index (χ3n) is 10.2. The van der Waals surface area contributed by atoms with Crippen LogP contribution in [0.5, 0.6) is 0 Å². The van der Waals surface area contributed by atoms with Crippen LogP contribution in [0.3, 0.4) is 0 Å². The fourth-order valence-corrected chi connectivity index (χ4v) is 8.26. The van der Waals surface area contributed by atoms with Crippen molar-refractivity contribution < 1.29 is 24.8 Å². The zero-order valence-corrected chi connectivity index (χ0v) is 19.1. The van der Waals surface area contributed by atoms with Gasteiger partial charge in [-0.1, -0.05) is 31.6 Å². The monoisotopic (exact) mass is 432 g/mol. The average Bonchev–Trinajstić information content (AvgIpc) is 3.10. The minimum Gasteiger partial charge on any atom is -0.388 e. The molecule has 1 heterocycles. The Morgan fingerprint density at radius 2 is 1.87 bits per heavy atom. The molecule has 0 spiro atoms. The smallest absolute Gasteiger partial charge is 0.186 e. The zero-order chi connectivity index (χ0) is 22.0. The Hall–Kier alpha value is -0.720. The summed E-state index contributed by atoms with van der Waals surface area (Å²) in [5.41, 5.74) is 2.21. The Morgan fingerprint density at radius 1 is 1.06 bits per heavy atom. The minimum absolute atomic E-state index is 0.00830. The largest absolute Gasteiger partial charge is 0.388 e. The first-order chi connectivity index (χ1) is 14.8. The van der Waals surface area contributed by atoms with Crippen LogP contribution in [0.4, 0.5) is 0 Å². The van der Waals surface area contributed by atoms with Gasteiger partial charge in [0, 0.05) is 0 Å². The van der Waals surface area contributed by atoms with Crippen LogP contribution in [-0.4, -0.2) is 52.6 Å². The Bertz CT molecular complexity index is 735. The summed E-state index contributed by atoms with van der Waals surface area (Å²) in [6.45, 7) is 9.16. The standard InChI is InChI=1S/C26H40O5/c1-4-15-6-8-19-18-7-5-16-13-17(31-24-23(29)22(28)21(27)14-30-24)9-11-26(16,3)20(18)10-12-25(15,19)2/h4-5,15,17-24,27-29H,1,6-14H2,2-3H3/t15-,17-,18-,19-,20-,21+,22+,23-,24-,25+,26-/m0/s1. The topological polar surface area (TPSA) is 79.2 Å². The van der Waals surface area contributed by atoms with Crippen molar-refractivity contribution in [3.8, 4) is 0 Å². The highest BCUT2D eigenvalue weighted by molar-refractivity contribution is 5.25. The first kappa shape index (κ1) is 22.1. The molecule has 5 rings (SSSR count). The van der Waals surface area contributed by atoms with Crippen LogP contribution in [-0.2, 0) is 9.47 Å². The molecule has 4 fully saturated rings. The van der Waals surface area contributed by atoms with Crippen LogP contribution in [0.1, 0.15) is 65.2 Å². The zero-order valence-electron chi connectivity index (χ0n) is 19.1. The summed E-state index contributed by atoms with van der Waals surface area (Å²) in [7, 11) is 0. The normalized spacial score (nSPS) is 54.4. The molecule has 4 aliphatic carbocycles. The third-order valence-corrected chi connectivity index (χ3v) is 10.2. The lowest BCUT2D eigenvalue weighted by molar-refractivity contribution is -0.284. The summed E-state index contributed by atoms with van der Waals surface area (Å²) in [6, 6.07) is 0. The van der Waals surface area contributed by atoms with E-state index in [9.17, 15) is 15.3 Å². The number of hydrogen-bond acceptors (Lipinski definition) is 5. The molecule has 0 unspecified atom stereocenters. The molecule has 1 saturated heterocycles. The third kappa shape index (κ3) is 3.38. The van der Waals surface area contributed by atoms with Gasteiger partial charge < -0.3 is 24.8 Å². The number of fused-ring (bicyclic) bond motifs is 5. The van der Waals surface area contributed by atoms with Gasteiger partial charge in [0.25, 0.3) is 0 Å². The predicted molar refractivity (Wildman–Crippen MR) is 118 cm³/mol. The second-order valence-corrected chi connectivity index (χ2v) is 11.5. The molecule has 0 aromatic carbocycles. The number of hydrogen-bond donors (Lipinski definition) is 3. The maximum absolute atomic E-state index is 10.2. The fourth-order valence-electron chi connectivity index (χ4n) is 8.26. The Labute approximate surface area is 186 Å². The quantitative estimate of drug-likeness (QED) is 0.594. The Morgan fingerprint density at radius 3 is 2.65 bits per heavy atom. The SMILES string of the molecule is C=C[C@H]1CC[C@H]2[C@@H]3CC=C4C[C@@H](O[C@@H]5OC[C@@H](O)[C@@H](O)[C@@H]5O)CC[C@]4(C)[C@H]3CC[C@]12C. The van der Waals surface area contributed by atoms with E-state index in [4.69, 9.17) is 9.47 Å². The molecule has 5 heteroatoms. The van der Waals surface area contributed by atoms with Crippen LogP contribution in [0, 0.1) is 34.5 Å². The van der Waals surface area contributed by atoms with Gasteiger partial charge in [0.05, 0.1) is 12.7 Å². The van der Waals surface area contributed by atoms with Gasteiger partial charge in [0.1, 0.15) is 18.3 Å². The molecule has 0 amide bonds. The molecule has 31 heavy (non-hydrogen) atoms. The molecule has 5 aliphatic rings. The van der Waals surface area contributed by atoms with Crippen molar-refractivity contribution in [3.05, 3.63) is 24.3 Å². The van der Waals surface area contributed by atoms with E-state index in [0.29, 0.717) is 11.3 Å². The maximum atomic E-state index is 10.2. The Kier molecular flexibility index (Phi) is 5.66. The molecule has 0 aromatic rings. The lowest BCUT2D eigenvalue weighted by Crippen LogP contribution is -2.55. The van der Waals surface area contributed by atoms with Crippen molar-refractivity contribution in [3.63, 3.8) is 0 Å². The van der Waals surface area contributed by atoms with E-state index in [0.717, 1.165) is 37.0 Å². The second kappa shape index (κ2) is 7.95. The van der Waals surface area contributed by atoms with Crippen LogP contribution in [0.15, 0.2) is 24.3 Å². The van der Waals surface area contributed by atoms with Crippen LogP contribution in [0.2, 0.25) is 0 Å². The summed E-state index contributed by atoms with van der Waals surface area (Å²) < 4.78 is 11.6. The summed E-state index contributed by atoms with van der Waals surface area (Å²) in [5, 5.41) is 29.9. The molecule has 0 aromatic heterocycles. The van der Waals surface area contributed by atoms with Crippen molar-refractivity contribution in [2.75, 3.05) is 6.61 Å². The molecule has 5 nitrogen and oxygen atoms in total. The minimum atomic E-state index is -1.22. The Balaban J connectivity index is 1.29. The van der Waals surface area contributed by atoms with E-state index in [1.54, 1.807) is 0 Å². The van der Waals surface area contributed by atoms with E-state index in [2.05, 4.69) is 32.6 Å². The number of allylic oxidation sites excluding steroid dienone is 2. The maximum Gasteiger partial charge on any atom is 0.186 e. The molecule has 11 atom stereocenters. The molecule has 3 N–H and O–H groups in total. The molecule has 3 saturated carbocycles. The summed E-state index contributed by atoms with van der Waals surface area (Å²) in [6.07, 6.45) is 9.78. The van der Waals surface area contributed by atoms with Crippen LogP contribution >= 0.6 is 0 Å². The number of rotatable bonds is 3. The first-order valence-electron chi connectivity index (χ1n) is 12.4. The van der Waals surface area contributed by atoms with Gasteiger partial charge >= 0.3 is 0 Å². The average molecular weight is 433 g/mol. The van der Waals surface area contributed by atoms with E-state index in [1.807, 2.05) is 0 Å². The summed E-state index contributed by atoms with van der Waals surface area (Å²) in [4.78, 5) is 0. The summed E-state index contributed by atoms with van der Waals surface area (Å²) in [5.74, 6) is 3.03. The molecule has 1 aliphatic heterocycles. The molecular formula is C26H40O5. The van der Waals surface area contributed by atoms with Gasteiger partial charge in [-0.15, -0.1) is 6.58 Å². The van der Waals surface area contributed by atoms with Crippen molar-refractivity contribution in [1.29, 1.82) is 0 Å². The number of ether oxygens (including phenoxy) is 2. The van der Waals surface area contributed by atoms with E-state index < -0.39 is 24.6 Å². The van der Waals surface area contributed by atoms with Gasteiger partial charge in [-0.25, -0.2) is 0 Å². The highest BCUT2D eigenvalue weighted by Gasteiger charge is 2.58. The lowest BCUT2D eigenvalue weighted by Gasteiger charge is -2.58. The van der Waals surface area contributed by atoms with Crippen LogP contribution < -0.4 is 0 Å². The number of aliphatic hydroxyl groups is 3. The van der Waals surface area contributed by atoms with Crippen LogP contribution in [0.25, 0.3) is 0 Å². The van der Waals surface area contributed by atoms with Gasteiger partial charge in [-0.3, -0.25) is 0 Å². The number of aliphatic hydroxyl groups excluding tert-OH is 3. The van der Waals surface area contributed by atoms with E-state index in [-0.39, 0.29) is 18.1 Å². The van der Waals surface area contributed by atoms with Gasteiger partial charge in [0.15, 0.2) is 6.29 Å². The molecule has 0 bridgehead atoms. The van der Waals surface area contributed by atoms with Gasteiger partial charge in [0.2, 0.25) is 0 Å². The van der Waals surface area contributed by atoms with Gasteiger partial charge in [-0.2, -0.15) is 0 Å². The van der Waals surface area contributed by atoms with Crippen molar-refractivity contribution in [2.24, 2.45) is 34.5 Å². The highest BCUT2D eigenvalue weighted by Crippen LogP contribution is 2.66. The van der Waals surface area contributed by atoms with Crippen molar-refractivity contribution in [2.45, 2.75) is 95.9 Å². The van der Waals surface area contributed by atoms with E-state index in [1.165, 1.54) is 37.7 Å². The molecular weight excluding hydrogens is 392 g/mol. The highest BCUT2D eigenvalue weighted by atomic mass is 16.7. The van der Waals surface area contributed by atoms with Crippen molar-refractivity contribution >= 4 is 0 Å². The van der Waals surface area contributed by atoms with Crippen molar-refractivity contribution in [1.82, 2.24) is 0 Å². The van der Waals surface area contributed by atoms with Gasteiger partial charge in [-0.05, 0) is 85.9 Å². The molecule has 0 radical (unpaired) electrons. The first-order valence-corrected chi connectivity index (χ1v) is 12.4. The fraction of sp³-hybridized carbons (Fsp3) is 0.846.